The molecule has 110 valence electrons. The van der Waals surface area contributed by atoms with E-state index in [1.54, 1.807) is 13.0 Å². The minimum absolute atomic E-state index is 0.0540. The number of hydrogen-bond acceptors (Lipinski definition) is 2. The Morgan fingerprint density at radius 2 is 2.05 bits per heavy atom. The summed E-state index contributed by atoms with van der Waals surface area (Å²) >= 11 is 0. The minimum atomic E-state index is -3.02. The summed E-state index contributed by atoms with van der Waals surface area (Å²) in [6.07, 6.45) is 1.32. The lowest BCUT2D eigenvalue weighted by atomic mass is 9.87. The van der Waals surface area contributed by atoms with Gasteiger partial charge in [0.2, 0.25) is 0 Å². The quantitative estimate of drug-likeness (QED) is 0.898. The van der Waals surface area contributed by atoms with Crippen LogP contribution in [0.2, 0.25) is 0 Å². The standard InChI is InChI=1S/C15H18F2O3/c1-9-6-10(14(2,16)17)13(20-3)11(7-9)15(4-5-15)8-12(18)19/h6-7H,4-5,8H2,1-3H3,(H,18,19). The third-order valence-corrected chi connectivity index (χ3v) is 3.82. The predicted octanol–water partition coefficient (Wildman–Crippen LogP) is 3.62. The fraction of sp³-hybridized carbons (Fsp3) is 0.533. The second kappa shape index (κ2) is 4.72. The molecule has 0 aliphatic heterocycles. The molecule has 3 nitrogen and oxygen atoms in total. The average molecular weight is 284 g/mol. The molecule has 0 aromatic heterocycles. The number of aliphatic carboxylic acids is 1. The van der Waals surface area contributed by atoms with Crippen LogP contribution < -0.4 is 4.74 Å². The van der Waals surface area contributed by atoms with E-state index in [1.807, 2.05) is 0 Å². The summed E-state index contributed by atoms with van der Waals surface area (Å²) in [4.78, 5) is 11.0. The van der Waals surface area contributed by atoms with Crippen LogP contribution in [0.4, 0.5) is 8.78 Å². The third kappa shape index (κ3) is 2.62. The predicted molar refractivity (Wildman–Crippen MR) is 70.5 cm³/mol. The molecule has 1 aliphatic rings. The first kappa shape index (κ1) is 14.8. The lowest BCUT2D eigenvalue weighted by Crippen LogP contribution is -2.18. The van der Waals surface area contributed by atoms with Gasteiger partial charge in [-0.25, -0.2) is 8.78 Å². The number of rotatable bonds is 5. The van der Waals surface area contributed by atoms with Crippen LogP contribution in [0, 0.1) is 6.92 Å². The van der Waals surface area contributed by atoms with E-state index in [2.05, 4.69) is 0 Å². The Labute approximate surface area is 116 Å². The fourth-order valence-corrected chi connectivity index (χ4v) is 2.69. The molecule has 2 rings (SSSR count). The lowest BCUT2D eigenvalue weighted by molar-refractivity contribution is -0.137. The van der Waals surface area contributed by atoms with Crippen LogP contribution in [0.15, 0.2) is 12.1 Å². The molecule has 0 radical (unpaired) electrons. The molecule has 20 heavy (non-hydrogen) atoms. The van der Waals surface area contributed by atoms with Gasteiger partial charge in [0.1, 0.15) is 5.75 Å². The number of carboxylic acids is 1. The highest BCUT2D eigenvalue weighted by atomic mass is 19.3. The van der Waals surface area contributed by atoms with Gasteiger partial charge in [-0.3, -0.25) is 4.79 Å². The maximum Gasteiger partial charge on any atom is 0.304 e. The van der Waals surface area contributed by atoms with E-state index >= 15 is 0 Å². The summed E-state index contributed by atoms with van der Waals surface area (Å²) < 4.78 is 32.7. The zero-order chi connectivity index (χ0) is 15.1. The Morgan fingerprint density at radius 3 is 2.45 bits per heavy atom. The summed E-state index contributed by atoms with van der Waals surface area (Å²) in [7, 11) is 1.35. The topological polar surface area (TPSA) is 46.5 Å². The van der Waals surface area contributed by atoms with Gasteiger partial charge in [-0.15, -0.1) is 0 Å². The number of methoxy groups -OCH3 is 1. The van der Waals surface area contributed by atoms with Crippen molar-refractivity contribution in [2.24, 2.45) is 0 Å². The summed E-state index contributed by atoms with van der Waals surface area (Å²) in [6, 6.07) is 3.17. The minimum Gasteiger partial charge on any atom is -0.496 e. The molecule has 0 bridgehead atoms. The van der Waals surface area contributed by atoms with E-state index in [0.717, 1.165) is 6.92 Å². The first-order chi connectivity index (χ1) is 9.19. The zero-order valence-corrected chi connectivity index (χ0v) is 11.8. The number of aryl methyl sites for hydroxylation is 1. The Morgan fingerprint density at radius 1 is 1.45 bits per heavy atom. The molecule has 0 amide bonds. The molecule has 1 saturated carbocycles. The molecule has 1 fully saturated rings. The van der Waals surface area contributed by atoms with Gasteiger partial charge >= 0.3 is 5.97 Å². The molecule has 0 saturated heterocycles. The van der Waals surface area contributed by atoms with Crippen LogP contribution in [0.25, 0.3) is 0 Å². The van der Waals surface area contributed by atoms with E-state index in [4.69, 9.17) is 9.84 Å². The van der Waals surface area contributed by atoms with Crippen molar-refractivity contribution in [1.29, 1.82) is 0 Å². The summed E-state index contributed by atoms with van der Waals surface area (Å²) in [5.74, 6) is -3.82. The Balaban J connectivity index is 2.59. The fourth-order valence-electron chi connectivity index (χ4n) is 2.69. The van der Waals surface area contributed by atoms with E-state index in [-0.39, 0.29) is 17.7 Å². The molecule has 0 unspecified atom stereocenters. The second-order valence-corrected chi connectivity index (χ2v) is 5.63. The van der Waals surface area contributed by atoms with Gasteiger partial charge in [-0.05, 0) is 25.8 Å². The highest BCUT2D eigenvalue weighted by Gasteiger charge is 2.49. The summed E-state index contributed by atoms with van der Waals surface area (Å²) in [5.41, 5.74) is 0.558. The van der Waals surface area contributed by atoms with Gasteiger partial charge in [0.05, 0.1) is 19.1 Å². The highest BCUT2D eigenvalue weighted by molar-refractivity contribution is 5.71. The van der Waals surface area contributed by atoms with Crippen molar-refractivity contribution in [3.63, 3.8) is 0 Å². The van der Waals surface area contributed by atoms with Gasteiger partial charge < -0.3 is 9.84 Å². The Hall–Kier alpha value is -1.65. The summed E-state index contributed by atoms with van der Waals surface area (Å²) in [5, 5.41) is 9.02. The largest absolute Gasteiger partial charge is 0.496 e. The second-order valence-electron chi connectivity index (χ2n) is 5.63. The number of hydrogen-bond donors (Lipinski definition) is 1. The van der Waals surface area contributed by atoms with Crippen LogP contribution >= 0.6 is 0 Å². The molecule has 1 aliphatic carbocycles. The number of ether oxygens (including phenoxy) is 1. The van der Waals surface area contributed by atoms with Crippen LogP contribution in [-0.4, -0.2) is 18.2 Å². The van der Waals surface area contributed by atoms with Crippen molar-refractivity contribution < 1.29 is 23.4 Å². The SMILES string of the molecule is COc1c(C(C)(F)F)cc(C)cc1C1(CC(=O)O)CC1. The van der Waals surface area contributed by atoms with Gasteiger partial charge in [0.25, 0.3) is 5.92 Å². The lowest BCUT2D eigenvalue weighted by Gasteiger charge is -2.23. The van der Waals surface area contributed by atoms with Gasteiger partial charge in [-0.1, -0.05) is 11.6 Å². The van der Waals surface area contributed by atoms with Gasteiger partial charge in [0, 0.05) is 17.9 Å². The van der Waals surface area contributed by atoms with E-state index in [0.29, 0.717) is 24.0 Å². The van der Waals surface area contributed by atoms with Crippen molar-refractivity contribution in [2.45, 2.75) is 44.4 Å². The van der Waals surface area contributed by atoms with Crippen molar-refractivity contribution >= 4 is 5.97 Å². The molecule has 0 spiro atoms. The first-order valence-electron chi connectivity index (χ1n) is 6.49. The molecule has 1 aromatic rings. The van der Waals surface area contributed by atoms with Gasteiger partial charge in [0.15, 0.2) is 0 Å². The third-order valence-electron chi connectivity index (χ3n) is 3.82. The number of alkyl halides is 2. The molecule has 0 heterocycles. The number of benzene rings is 1. The molecule has 1 N–H and O–H groups in total. The van der Waals surface area contributed by atoms with Crippen molar-refractivity contribution in [2.75, 3.05) is 7.11 Å². The zero-order valence-electron chi connectivity index (χ0n) is 11.8. The van der Waals surface area contributed by atoms with Crippen molar-refractivity contribution in [1.82, 2.24) is 0 Å². The van der Waals surface area contributed by atoms with Crippen LogP contribution in [0.1, 0.15) is 42.9 Å². The van der Waals surface area contributed by atoms with E-state index in [1.165, 1.54) is 13.2 Å². The molecular weight excluding hydrogens is 266 g/mol. The maximum atomic E-state index is 13.7. The monoisotopic (exact) mass is 284 g/mol. The van der Waals surface area contributed by atoms with Crippen LogP contribution in [0.3, 0.4) is 0 Å². The smallest absolute Gasteiger partial charge is 0.304 e. The molecule has 5 heteroatoms. The van der Waals surface area contributed by atoms with Crippen molar-refractivity contribution in [3.8, 4) is 5.75 Å². The Bertz CT molecular complexity index is 543. The Kier molecular flexibility index (Phi) is 3.48. The van der Waals surface area contributed by atoms with E-state index < -0.39 is 17.3 Å². The molecule has 1 aromatic carbocycles. The number of halogens is 2. The van der Waals surface area contributed by atoms with Gasteiger partial charge in [-0.2, -0.15) is 0 Å². The van der Waals surface area contributed by atoms with Crippen molar-refractivity contribution in [3.05, 3.63) is 28.8 Å². The molecular formula is C15H18F2O3. The van der Waals surface area contributed by atoms with Crippen LogP contribution in [0.5, 0.6) is 5.75 Å². The van der Waals surface area contributed by atoms with Crippen LogP contribution in [-0.2, 0) is 16.1 Å². The maximum absolute atomic E-state index is 13.7. The number of carbonyl (C=O) groups is 1. The number of carboxylic acid groups (broad SMARTS) is 1. The average Bonchev–Trinajstić information content (AvgIpc) is 3.06. The first-order valence-corrected chi connectivity index (χ1v) is 6.49. The van der Waals surface area contributed by atoms with E-state index in [9.17, 15) is 13.6 Å². The highest BCUT2D eigenvalue weighted by Crippen LogP contribution is 2.55. The normalized spacial score (nSPS) is 16.9. The summed E-state index contributed by atoms with van der Waals surface area (Å²) in [6.45, 7) is 2.56. The molecule has 0 atom stereocenters.